The van der Waals surface area contributed by atoms with Gasteiger partial charge in [-0.3, -0.25) is 9.59 Å². The first kappa shape index (κ1) is 19.2. The van der Waals surface area contributed by atoms with Crippen molar-refractivity contribution in [3.05, 3.63) is 46.3 Å². The molecule has 1 heterocycles. The summed E-state index contributed by atoms with van der Waals surface area (Å²) in [5, 5.41) is 0. The number of aryl methyl sites for hydroxylation is 1. The highest BCUT2D eigenvalue weighted by Crippen LogP contribution is 2.28. The van der Waals surface area contributed by atoms with Gasteiger partial charge >= 0.3 is 5.97 Å². The van der Waals surface area contributed by atoms with E-state index in [9.17, 15) is 14.4 Å². The van der Waals surface area contributed by atoms with Crippen LogP contribution < -0.4 is 9.47 Å². The summed E-state index contributed by atoms with van der Waals surface area (Å²) in [6.45, 7) is 5.07. The van der Waals surface area contributed by atoms with Crippen LogP contribution in [0, 0.1) is 13.8 Å². The number of H-pyrrole nitrogens is 1. The van der Waals surface area contributed by atoms with Crippen molar-refractivity contribution in [1.29, 1.82) is 0 Å². The molecule has 0 bridgehead atoms. The lowest BCUT2D eigenvalue weighted by Gasteiger charge is -2.10. The lowest BCUT2D eigenvalue weighted by atomic mass is 10.1. The van der Waals surface area contributed by atoms with Crippen molar-refractivity contribution in [2.45, 2.75) is 20.8 Å². The summed E-state index contributed by atoms with van der Waals surface area (Å²) in [4.78, 5) is 38.4. The van der Waals surface area contributed by atoms with Crippen LogP contribution in [0.2, 0.25) is 0 Å². The van der Waals surface area contributed by atoms with Crippen LogP contribution in [0.25, 0.3) is 0 Å². The van der Waals surface area contributed by atoms with Gasteiger partial charge in [0, 0.05) is 11.3 Å². The number of aldehydes is 1. The second-order valence-electron chi connectivity index (χ2n) is 5.59. The first-order valence-electron chi connectivity index (χ1n) is 8.08. The highest BCUT2D eigenvalue weighted by atomic mass is 16.5. The minimum atomic E-state index is -0.473. The molecule has 7 nitrogen and oxygen atoms in total. The third-order valence-corrected chi connectivity index (χ3v) is 3.88. The number of nitrogens with one attached hydrogen (secondary N) is 1. The number of esters is 1. The second-order valence-corrected chi connectivity index (χ2v) is 5.59. The summed E-state index contributed by atoms with van der Waals surface area (Å²) in [5.41, 5.74) is 2.13. The summed E-state index contributed by atoms with van der Waals surface area (Å²) >= 11 is 0. The summed E-state index contributed by atoms with van der Waals surface area (Å²) in [5.74, 6) is -0.106. The molecule has 0 aliphatic heterocycles. The molecule has 0 fully saturated rings. The van der Waals surface area contributed by atoms with Crippen LogP contribution in [-0.4, -0.2) is 43.3 Å². The van der Waals surface area contributed by atoms with Gasteiger partial charge in [0.25, 0.3) is 0 Å². The highest BCUT2D eigenvalue weighted by Gasteiger charge is 2.23. The smallest absolute Gasteiger partial charge is 0.340 e. The van der Waals surface area contributed by atoms with Crippen molar-refractivity contribution in [2.75, 3.05) is 20.3 Å². The van der Waals surface area contributed by atoms with Gasteiger partial charge in [0.15, 0.2) is 18.1 Å². The molecule has 0 atom stereocenters. The Morgan fingerprint density at radius 1 is 1.19 bits per heavy atom. The van der Waals surface area contributed by atoms with Crippen LogP contribution in [0.5, 0.6) is 11.5 Å². The molecule has 0 amide bonds. The minimum absolute atomic E-state index is 0.252. The molecule has 7 heteroatoms. The Morgan fingerprint density at radius 3 is 2.54 bits per heavy atom. The lowest BCUT2D eigenvalue weighted by Crippen LogP contribution is -2.14. The molecular weight excluding hydrogens is 338 g/mol. The standard InChI is InChI=1S/C19H21NO6/c1-5-25-19(23)17-11(2)18(20-12(17)3)14(22)10-26-16-8-13(9-21)6-7-15(16)24-4/h6-9,20H,5,10H2,1-4H3. The van der Waals surface area contributed by atoms with E-state index in [1.807, 2.05) is 0 Å². The summed E-state index contributed by atoms with van der Waals surface area (Å²) in [7, 11) is 1.47. The van der Waals surface area contributed by atoms with Crippen LogP contribution in [0.3, 0.4) is 0 Å². The largest absolute Gasteiger partial charge is 0.493 e. The number of carbonyl (C=O) groups excluding carboxylic acids is 3. The molecule has 1 aromatic carbocycles. The van der Waals surface area contributed by atoms with Gasteiger partial charge in [0.2, 0.25) is 5.78 Å². The van der Waals surface area contributed by atoms with E-state index in [0.717, 1.165) is 0 Å². The third kappa shape index (κ3) is 3.93. The zero-order valence-corrected chi connectivity index (χ0v) is 15.2. The number of Topliss-reactive ketones (excluding diaryl/α,β-unsaturated/α-hetero) is 1. The Hall–Kier alpha value is -3.09. The van der Waals surface area contributed by atoms with Crippen molar-refractivity contribution in [3.8, 4) is 11.5 Å². The van der Waals surface area contributed by atoms with Crippen LogP contribution in [0.4, 0.5) is 0 Å². The average Bonchev–Trinajstić information content (AvgIpc) is 2.94. The van der Waals surface area contributed by atoms with E-state index in [2.05, 4.69) is 4.98 Å². The average molecular weight is 359 g/mol. The number of aromatic amines is 1. The first-order chi connectivity index (χ1) is 12.4. The fourth-order valence-electron chi connectivity index (χ4n) is 2.63. The van der Waals surface area contributed by atoms with Gasteiger partial charge in [0.1, 0.15) is 6.29 Å². The maximum atomic E-state index is 12.5. The van der Waals surface area contributed by atoms with Gasteiger partial charge in [0.05, 0.1) is 25.0 Å². The number of aromatic nitrogens is 1. The highest BCUT2D eigenvalue weighted by molar-refractivity contribution is 6.02. The molecule has 2 aromatic rings. The van der Waals surface area contributed by atoms with Crippen LogP contribution in [0.15, 0.2) is 18.2 Å². The fourth-order valence-corrected chi connectivity index (χ4v) is 2.63. The van der Waals surface area contributed by atoms with E-state index in [4.69, 9.17) is 14.2 Å². The SMILES string of the molecule is CCOC(=O)c1c(C)[nH]c(C(=O)COc2cc(C=O)ccc2OC)c1C. The van der Waals surface area contributed by atoms with Crippen molar-refractivity contribution in [3.63, 3.8) is 0 Å². The fraction of sp³-hybridized carbons (Fsp3) is 0.316. The molecule has 1 aromatic heterocycles. The summed E-state index contributed by atoms with van der Waals surface area (Å²) in [6, 6.07) is 4.67. The van der Waals surface area contributed by atoms with Crippen molar-refractivity contribution < 1.29 is 28.6 Å². The number of carbonyl (C=O) groups is 3. The van der Waals surface area contributed by atoms with Crippen LogP contribution in [0.1, 0.15) is 49.4 Å². The number of hydrogen-bond acceptors (Lipinski definition) is 6. The number of rotatable bonds is 8. The van der Waals surface area contributed by atoms with Crippen molar-refractivity contribution >= 4 is 18.0 Å². The van der Waals surface area contributed by atoms with E-state index in [0.29, 0.717) is 34.4 Å². The van der Waals surface area contributed by atoms with Crippen molar-refractivity contribution in [1.82, 2.24) is 4.98 Å². The van der Waals surface area contributed by atoms with Gasteiger partial charge in [-0.15, -0.1) is 0 Å². The maximum absolute atomic E-state index is 12.5. The van der Waals surface area contributed by atoms with E-state index < -0.39 is 5.97 Å². The topological polar surface area (TPSA) is 94.7 Å². The molecule has 0 unspecified atom stereocenters. The zero-order valence-electron chi connectivity index (χ0n) is 15.2. The normalized spacial score (nSPS) is 10.3. The Labute approximate surface area is 151 Å². The third-order valence-electron chi connectivity index (χ3n) is 3.88. The van der Waals surface area contributed by atoms with Gasteiger partial charge in [-0.05, 0) is 44.5 Å². The Morgan fingerprint density at radius 2 is 1.92 bits per heavy atom. The molecule has 26 heavy (non-hydrogen) atoms. The molecule has 0 saturated carbocycles. The molecule has 1 N–H and O–H groups in total. The molecule has 0 radical (unpaired) electrons. The van der Waals surface area contributed by atoms with E-state index >= 15 is 0 Å². The Kier molecular flexibility index (Phi) is 6.16. The van der Waals surface area contributed by atoms with E-state index in [1.54, 1.807) is 32.9 Å². The van der Waals surface area contributed by atoms with Crippen molar-refractivity contribution in [2.24, 2.45) is 0 Å². The number of ether oxygens (including phenoxy) is 3. The molecule has 2 rings (SSSR count). The lowest BCUT2D eigenvalue weighted by molar-refractivity contribution is 0.0525. The monoisotopic (exact) mass is 359 g/mol. The minimum Gasteiger partial charge on any atom is -0.493 e. The quantitative estimate of drug-likeness (QED) is 0.442. The molecule has 0 aliphatic carbocycles. The molecule has 0 aliphatic rings. The summed E-state index contributed by atoms with van der Waals surface area (Å²) in [6.07, 6.45) is 0.679. The Bertz CT molecular complexity index is 837. The predicted octanol–water partition coefficient (Wildman–Crippen LogP) is 2.89. The number of methoxy groups -OCH3 is 1. The Balaban J connectivity index is 2.20. The molecular formula is C19H21NO6. The second kappa shape index (κ2) is 8.33. The zero-order chi connectivity index (χ0) is 19.3. The van der Waals surface area contributed by atoms with Gasteiger partial charge < -0.3 is 19.2 Å². The number of ketones is 1. The molecule has 0 saturated heterocycles. The molecule has 138 valence electrons. The van der Waals surface area contributed by atoms with Gasteiger partial charge in [-0.1, -0.05) is 0 Å². The van der Waals surface area contributed by atoms with Gasteiger partial charge in [-0.25, -0.2) is 4.79 Å². The van der Waals surface area contributed by atoms with Crippen LogP contribution in [-0.2, 0) is 4.74 Å². The van der Waals surface area contributed by atoms with Gasteiger partial charge in [-0.2, -0.15) is 0 Å². The predicted molar refractivity (Wildman–Crippen MR) is 94.4 cm³/mol. The summed E-state index contributed by atoms with van der Waals surface area (Å²) < 4.78 is 15.7. The number of hydrogen-bond donors (Lipinski definition) is 1. The van der Waals surface area contributed by atoms with E-state index in [-0.39, 0.29) is 30.4 Å². The van der Waals surface area contributed by atoms with E-state index in [1.165, 1.54) is 13.2 Å². The first-order valence-corrected chi connectivity index (χ1v) is 8.08. The molecule has 0 spiro atoms. The number of benzene rings is 1. The van der Waals surface area contributed by atoms with Crippen LogP contribution >= 0.6 is 0 Å². The maximum Gasteiger partial charge on any atom is 0.340 e.